The molecule has 7 nitrogen and oxygen atoms in total. The zero-order valence-corrected chi connectivity index (χ0v) is 22.6. The Kier molecular flexibility index (Phi) is 12.1. The number of ether oxygens (including phenoxy) is 3. The third-order valence-corrected chi connectivity index (χ3v) is 5.79. The van der Waals surface area contributed by atoms with Crippen molar-refractivity contribution in [2.75, 3.05) is 26.9 Å². The summed E-state index contributed by atoms with van der Waals surface area (Å²) in [5.41, 5.74) is 1.89. The van der Waals surface area contributed by atoms with Crippen molar-refractivity contribution in [1.82, 2.24) is 10.2 Å². The third-order valence-electron chi connectivity index (χ3n) is 5.79. The van der Waals surface area contributed by atoms with Gasteiger partial charge in [-0.1, -0.05) is 39.0 Å². The standard InChI is InChI=1S/C29H42N2O5/c1-7-25(29(33)30-19-21(4)5)31(20-23-11-10-12-24(17-23)34-6)28(32)16-14-22-13-15-26(35-8-2)27(18-22)36-9-3/h10-13,15,17-18,21,25H,7-9,14,16,19-20H2,1-6H3,(H,30,33)/t25-/m0/s1. The molecule has 0 aliphatic carbocycles. The molecule has 2 aromatic rings. The van der Waals surface area contributed by atoms with Crippen LogP contribution in [0.1, 0.15) is 58.6 Å². The van der Waals surface area contributed by atoms with Gasteiger partial charge in [-0.15, -0.1) is 0 Å². The van der Waals surface area contributed by atoms with E-state index in [-0.39, 0.29) is 18.2 Å². The van der Waals surface area contributed by atoms with E-state index < -0.39 is 6.04 Å². The lowest BCUT2D eigenvalue weighted by Crippen LogP contribution is -2.49. The summed E-state index contributed by atoms with van der Waals surface area (Å²) in [7, 11) is 1.61. The Bertz CT molecular complexity index is 976. The monoisotopic (exact) mass is 498 g/mol. The van der Waals surface area contributed by atoms with Crippen LogP contribution in [0.25, 0.3) is 0 Å². The number of aryl methyl sites for hydroxylation is 1. The highest BCUT2D eigenvalue weighted by Crippen LogP contribution is 2.29. The molecular formula is C29H42N2O5. The maximum atomic E-state index is 13.6. The minimum Gasteiger partial charge on any atom is -0.497 e. The number of carbonyl (C=O) groups is 2. The number of methoxy groups -OCH3 is 1. The van der Waals surface area contributed by atoms with Crippen molar-refractivity contribution in [1.29, 1.82) is 0 Å². The SMILES string of the molecule is CCOc1ccc(CCC(=O)N(Cc2cccc(OC)c2)[C@@H](CC)C(=O)NCC(C)C)cc1OCC. The second kappa shape index (κ2) is 15.0. The van der Waals surface area contributed by atoms with Crippen molar-refractivity contribution in [3.63, 3.8) is 0 Å². The van der Waals surface area contributed by atoms with Gasteiger partial charge in [0, 0.05) is 19.5 Å². The Balaban J connectivity index is 2.24. The first-order valence-corrected chi connectivity index (χ1v) is 12.9. The van der Waals surface area contributed by atoms with E-state index in [1.165, 1.54) is 0 Å². The average Bonchev–Trinajstić information content (AvgIpc) is 2.87. The molecule has 2 rings (SSSR count). The first-order chi connectivity index (χ1) is 17.3. The molecule has 2 amide bonds. The molecule has 0 aliphatic heterocycles. The van der Waals surface area contributed by atoms with Gasteiger partial charge in [0.15, 0.2) is 11.5 Å². The maximum absolute atomic E-state index is 13.6. The quantitative estimate of drug-likeness (QED) is 0.374. The lowest BCUT2D eigenvalue weighted by molar-refractivity contribution is -0.141. The van der Waals surface area contributed by atoms with Crippen LogP contribution in [0.4, 0.5) is 0 Å². The van der Waals surface area contributed by atoms with Gasteiger partial charge < -0.3 is 24.4 Å². The Labute approximate surface area is 216 Å². The van der Waals surface area contributed by atoms with Crippen LogP contribution in [0.5, 0.6) is 17.2 Å². The molecule has 0 radical (unpaired) electrons. The van der Waals surface area contributed by atoms with Crippen LogP contribution < -0.4 is 19.5 Å². The molecule has 0 aliphatic rings. The summed E-state index contributed by atoms with van der Waals surface area (Å²) in [6, 6.07) is 12.8. The normalized spacial score (nSPS) is 11.6. The van der Waals surface area contributed by atoms with Gasteiger partial charge in [0.2, 0.25) is 11.8 Å². The topological polar surface area (TPSA) is 77.1 Å². The predicted octanol–water partition coefficient (Wildman–Crippen LogP) is 5.00. The molecule has 0 saturated heterocycles. The minimum atomic E-state index is -0.554. The lowest BCUT2D eigenvalue weighted by Gasteiger charge is -2.31. The lowest BCUT2D eigenvalue weighted by atomic mass is 10.1. The molecule has 2 aromatic carbocycles. The molecule has 198 valence electrons. The number of carbonyl (C=O) groups excluding carboxylic acids is 2. The number of nitrogens with zero attached hydrogens (tertiary/aromatic N) is 1. The van der Waals surface area contributed by atoms with E-state index in [0.717, 1.165) is 16.9 Å². The van der Waals surface area contributed by atoms with Gasteiger partial charge >= 0.3 is 0 Å². The molecule has 36 heavy (non-hydrogen) atoms. The summed E-state index contributed by atoms with van der Waals surface area (Å²) in [6.45, 7) is 11.9. The van der Waals surface area contributed by atoms with Crippen molar-refractivity contribution >= 4 is 11.8 Å². The second-order valence-electron chi connectivity index (χ2n) is 9.08. The molecule has 7 heteroatoms. The Hall–Kier alpha value is -3.22. The van der Waals surface area contributed by atoms with Gasteiger partial charge in [-0.3, -0.25) is 9.59 Å². The first kappa shape index (κ1) is 29.0. The van der Waals surface area contributed by atoms with Crippen molar-refractivity contribution in [2.45, 2.75) is 66.5 Å². The van der Waals surface area contributed by atoms with E-state index in [9.17, 15) is 9.59 Å². The van der Waals surface area contributed by atoms with Crippen LogP contribution in [0.2, 0.25) is 0 Å². The molecule has 0 spiro atoms. The highest BCUT2D eigenvalue weighted by molar-refractivity contribution is 5.87. The van der Waals surface area contributed by atoms with Crippen molar-refractivity contribution < 1.29 is 23.8 Å². The summed E-state index contributed by atoms with van der Waals surface area (Å²) in [5.74, 6) is 2.22. The van der Waals surface area contributed by atoms with Crippen molar-refractivity contribution in [2.24, 2.45) is 5.92 Å². The molecule has 0 saturated carbocycles. The number of hydrogen-bond acceptors (Lipinski definition) is 5. The second-order valence-corrected chi connectivity index (χ2v) is 9.08. The zero-order valence-electron chi connectivity index (χ0n) is 22.6. The number of hydrogen-bond donors (Lipinski definition) is 1. The smallest absolute Gasteiger partial charge is 0.242 e. The van der Waals surface area contributed by atoms with Gasteiger partial charge in [0.05, 0.1) is 20.3 Å². The van der Waals surface area contributed by atoms with Crippen LogP contribution in [-0.4, -0.2) is 49.6 Å². The summed E-state index contributed by atoms with van der Waals surface area (Å²) in [6.07, 6.45) is 1.33. The summed E-state index contributed by atoms with van der Waals surface area (Å²) in [5, 5.41) is 3.00. The van der Waals surface area contributed by atoms with Gasteiger partial charge in [-0.25, -0.2) is 0 Å². The third kappa shape index (κ3) is 8.77. The van der Waals surface area contributed by atoms with Crippen LogP contribution >= 0.6 is 0 Å². The van der Waals surface area contributed by atoms with Gasteiger partial charge in [-0.2, -0.15) is 0 Å². The van der Waals surface area contributed by atoms with Gasteiger partial charge in [0.1, 0.15) is 11.8 Å². The van der Waals surface area contributed by atoms with Crippen molar-refractivity contribution in [3.05, 3.63) is 53.6 Å². The zero-order chi connectivity index (χ0) is 26.5. The summed E-state index contributed by atoms with van der Waals surface area (Å²) >= 11 is 0. The van der Waals surface area contributed by atoms with Gasteiger partial charge in [-0.05, 0) is 68.0 Å². The Morgan fingerprint density at radius 3 is 2.31 bits per heavy atom. The van der Waals surface area contributed by atoms with Crippen LogP contribution in [0.15, 0.2) is 42.5 Å². The molecule has 0 unspecified atom stereocenters. The molecule has 0 aromatic heterocycles. The van der Waals surface area contributed by atoms with Crippen molar-refractivity contribution in [3.8, 4) is 17.2 Å². The van der Waals surface area contributed by atoms with Gasteiger partial charge in [0.25, 0.3) is 0 Å². The molecule has 0 heterocycles. The highest BCUT2D eigenvalue weighted by Gasteiger charge is 2.28. The fourth-order valence-corrected chi connectivity index (χ4v) is 3.96. The first-order valence-electron chi connectivity index (χ1n) is 12.9. The molecule has 1 atom stereocenters. The summed E-state index contributed by atoms with van der Waals surface area (Å²) in [4.78, 5) is 28.3. The van der Waals surface area contributed by atoms with E-state index in [4.69, 9.17) is 14.2 Å². The molecular weight excluding hydrogens is 456 g/mol. The maximum Gasteiger partial charge on any atom is 0.242 e. The van der Waals surface area contributed by atoms with E-state index in [1.807, 2.05) is 77.1 Å². The van der Waals surface area contributed by atoms with Crippen LogP contribution in [-0.2, 0) is 22.6 Å². The Morgan fingerprint density at radius 2 is 1.67 bits per heavy atom. The molecule has 1 N–H and O–H groups in total. The summed E-state index contributed by atoms with van der Waals surface area (Å²) < 4.78 is 16.7. The fourth-order valence-electron chi connectivity index (χ4n) is 3.96. The van der Waals surface area contributed by atoms with Crippen LogP contribution in [0, 0.1) is 5.92 Å². The fraction of sp³-hybridized carbons (Fsp3) is 0.517. The average molecular weight is 499 g/mol. The van der Waals surface area contributed by atoms with Crippen LogP contribution in [0.3, 0.4) is 0 Å². The van der Waals surface area contributed by atoms with E-state index >= 15 is 0 Å². The minimum absolute atomic E-state index is 0.0730. The number of nitrogens with one attached hydrogen (secondary N) is 1. The highest BCUT2D eigenvalue weighted by atomic mass is 16.5. The predicted molar refractivity (Wildman–Crippen MR) is 143 cm³/mol. The Morgan fingerprint density at radius 1 is 0.944 bits per heavy atom. The number of amides is 2. The van der Waals surface area contributed by atoms with E-state index in [0.29, 0.717) is 56.6 Å². The molecule has 0 fully saturated rings. The largest absolute Gasteiger partial charge is 0.497 e. The van der Waals surface area contributed by atoms with E-state index in [1.54, 1.807) is 12.0 Å². The number of benzene rings is 2. The molecule has 0 bridgehead atoms. The number of rotatable bonds is 15. The van der Waals surface area contributed by atoms with E-state index in [2.05, 4.69) is 5.32 Å².